The molecule has 0 fully saturated rings. The molecule has 6 nitrogen and oxygen atoms in total. The van der Waals surface area contributed by atoms with Crippen molar-refractivity contribution in [2.24, 2.45) is 0 Å². The van der Waals surface area contributed by atoms with E-state index in [1.54, 1.807) is 0 Å². The smallest absolute Gasteiger partial charge is 0.306 e. The number of hydrogen-bond donors (Lipinski definition) is 0. The van der Waals surface area contributed by atoms with E-state index in [2.05, 4.69) is 118 Å². The van der Waals surface area contributed by atoms with Gasteiger partial charge >= 0.3 is 17.9 Å². The van der Waals surface area contributed by atoms with E-state index in [0.717, 1.165) is 122 Å². The predicted molar refractivity (Wildman–Crippen MR) is 274 cm³/mol. The summed E-state index contributed by atoms with van der Waals surface area (Å²) < 4.78 is 16.7. The highest BCUT2D eigenvalue weighted by Crippen LogP contribution is 2.13. The second-order valence-corrected chi connectivity index (χ2v) is 17.1. The van der Waals surface area contributed by atoms with Crippen LogP contribution in [0, 0.1) is 0 Å². The molecule has 0 rings (SSSR count). The Balaban J connectivity index is 4.43. The normalized spacial score (nSPS) is 12.9. The maximum Gasteiger partial charge on any atom is 0.306 e. The van der Waals surface area contributed by atoms with Crippen LogP contribution in [0.3, 0.4) is 0 Å². The number of ether oxygens (including phenoxy) is 3. The zero-order valence-electron chi connectivity index (χ0n) is 41.5. The van der Waals surface area contributed by atoms with Crippen LogP contribution in [0.1, 0.15) is 233 Å². The summed E-state index contributed by atoms with van der Waals surface area (Å²) in [7, 11) is 0. The fourth-order valence-electron chi connectivity index (χ4n) is 6.89. The highest BCUT2D eigenvalue weighted by Gasteiger charge is 2.19. The molecule has 1 unspecified atom stereocenters. The largest absolute Gasteiger partial charge is 0.462 e. The van der Waals surface area contributed by atoms with Crippen LogP contribution in [-0.2, 0) is 28.6 Å². The van der Waals surface area contributed by atoms with Crippen molar-refractivity contribution in [2.45, 2.75) is 239 Å². The molecule has 0 amide bonds. The molecule has 0 aliphatic rings. The second kappa shape index (κ2) is 52.0. The molecule has 0 bridgehead atoms. The van der Waals surface area contributed by atoms with Crippen molar-refractivity contribution in [1.82, 2.24) is 0 Å². The van der Waals surface area contributed by atoms with Crippen molar-refractivity contribution in [1.29, 1.82) is 0 Å². The highest BCUT2D eigenvalue weighted by molar-refractivity contribution is 5.71. The third-order valence-electron chi connectivity index (χ3n) is 10.8. The van der Waals surface area contributed by atoms with E-state index in [1.165, 1.54) is 70.6 Å². The molecule has 64 heavy (non-hydrogen) atoms. The van der Waals surface area contributed by atoms with E-state index in [4.69, 9.17) is 14.2 Å². The van der Waals surface area contributed by atoms with Crippen LogP contribution in [0.2, 0.25) is 0 Å². The minimum Gasteiger partial charge on any atom is -0.462 e. The van der Waals surface area contributed by atoms with Crippen LogP contribution in [0.4, 0.5) is 0 Å². The lowest BCUT2D eigenvalue weighted by molar-refractivity contribution is -0.167. The standard InChI is InChI=1S/C58H96O6/c1-4-7-10-13-16-19-21-23-25-27-28-29-30-31-33-34-36-39-42-45-48-51-57(60)63-54-55(53-62-56(59)50-47-44-41-38-18-15-12-9-6-3)64-58(61)52-49-46-43-40-37-35-32-26-24-22-20-17-14-11-8-5-2/h7,10,16,19-20,22-23,25-26,28-29,31-33,36,39,55H,4-6,8-9,11-15,17-18,21,24,27,30,34-35,37-38,40-54H2,1-3H3/b10-7-,19-16-,22-20-,25-23-,29-28-,32-26-,33-31-,39-36-. The molecule has 1 atom stereocenters. The van der Waals surface area contributed by atoms with Gasteiger partial charge in [0.1, 0.15) is 13.2 Å². The van der Waals surface area contributed by atoms with Gasteiger partial charge in [0.2, 0.25) is 0 Å². The molecule has 0 saturated heterocycles. The first-order valence-electron chi connectivity index (χ1n) is 26.2. The minimum atomic E-state index is -0.801. The molecule has 0 saturated carbocycles. The topological polar surface area (TPSA) is 78.9 Å². The summed E-state index contributed by atoms with van der Waals surface area (Å²) in [5.74, 6) is -0.962. The molecular formula is C58H96O6. The Morgan fingerprint density at radius 3 is 1.00 bits per heavy atom. The van der Waals surface area contributed by atoms with Crippen molar-refractivity contribution in [3.63, 3.8) is 0 Å². The lowest BCUT2D eigenvalue weighted by atomic mass is 10.1. The number of carbonyl (C=O) groups excluding carboxylic acids is 3. The number of hydrogen-bond acceptors (Lipinski definition) is 6. The van der Waals surface area contributed by atoms with Gasteiger partial charge in [0.25, 0.3) is 0 Å². The monoisotopic (exact) mass is 889 g/mol. The summed E-state index contributed by atoms with van der Waals surface area (Å²) in [5.41, 5.74) is 0. The fourth-order valence-corrected chi connectivity index (χ4v) is 6.89. The molecule has 0 aromatic heterocycles. The number of allylic oxidation sites excluding steroid dienone is 16. The predicted octanol–water partition coefficient (Wildman–Crippen LogP) is 17.4. The van der Waals surface area contributed by atoms with E-state index in [-0.39, 0.29) is 31.1 Å². The number of esters is 3. The molecule has 0 aromatic rings. The SMILES string of the molecule is CC/C=C\C/C=C\C/C=C\C/C=C\C/C=C\C/C=C\CCCCC(=O)OCC(COC(=O)CCCCCCCCCCC)OC(=O)CCCCCCC/C=C\C/C=C\CCCCCC. The highest BCUT2D eigenvalue weighted by atomic mass is 16.6. The number of carbonyl (C=O) groups is 3. The van der Waals surface area contributed by atoms with Gasteiger partial charge in [-0.05, 0) is 103 Å². The maximum absolute atomic E-state index is 12.8. The first-order chi connectivity index (χ1) is 31.5. The van der Waals surface area contributed by atoms with Gasteiger partial charge in [-0.3, -0.25) is 14.4 Å². The number of rotatable bonds is 46. The van der Waals surface area contributed by atoms with Gasteiger partial charge in [-0.15, -0.1) is 0 Å². The molecule has 0 aliphatic heterocycles. The molecule has 0 aromatic carbocycles. The molecule has 6 heteroatoms. The Hall–Kier alpha value is -3.67. The molecule has 0 N–H and O–H groups in total. The van der Waals surface area contributed by atoms with Crippen LogP contribution in [-0.4, -0.2) is 37.2 Å². The van der Waals surface area contributed by atoms with Gasteiger partial charge < -0.3 is 14.2 Å². The second-order valence-electron chi connectivity index (χ2n) is 17.1. The van der Waals surface area contributed by atoms with Crippen LogP contribution >= 0.6 is 0 Å². The van der Waals surface area contributed by atoms with Gasteiger partial charge in [-0.1, -0.05) is 208 Å². The first-order valence-corrected chi connectivity index (χ1v) is 26.2. The summed E-state index contributed by atoms with van der Waals surface area (Å²) in [4.78, 5) is 37.9. The van der Waals surface area contributed by atoms with E-state index in [1.807, 2.05) is 0 Å². The first kappa shape index (κ1) is 60.3. The van der Waals surface area contributed by atoms with Crippen LogP contribution in [0.15, 0.2) is 97.2 Å². The molecule has 0 aliphatic carbocycles. The zero-order chi connectivity index (χ0) is 46.5. The Morgan fingerprint density at radius 1 is 0.328 bits per heavy atom. The van der Waals surface area contributed by atoms with E-state index < -0.39 is 6.10 Å². The third kappa shape index (κ3) is 49.3. The average Bonchev–Trinajstić information content (AvgIpc) is 3.29. The van der Waals surface area contributed by atoms with Crippen LogP contribution < -0.4 is 0 Å². The zero-order valence-corrected chi connectivity index (χ0v) is 41.5. The molecule has 0 heterocycles. The fraction of sp³-hybridized carbons (Fsp3) is 0.672. The van der Waals surface area contributed by atoms with Crippen molar-refractivity contribution < 1.29 is 28.6 Å². The van der Waals surface area contributed by atoms with Crippen LogP contribution in [0.5, 0.6) is 0 Å². The third-order valence-corrected chi connectivity index (χ3v) is 10.8. The van der Waals surface area contributed by atoms with Crippen molar-refractivity contribution in [3.05, 3.63) is 97.2 Å². The summed E-state index contributed by atoms with van der Waals surface area (Å²) in [6.07, 6.45) is 68.2. The Bertz CT molecular complexity index is 1300. The van der Waals surface area contributed by atoms with Gasteiger partial charge in [0.15, 0.2) is 6.10 Å². The summed E-state index contributed by atoms with van der Waals surface area (Å²) in [5, 5.41) is 0. The molecule has 0 spiro atoms. The molecular weight excluding hydrogens is 793 g/mol. The van der Waals surface area contributed by atoms with Gasteiger partial charge in [0.05, 0.1) is 0 Å². The number of unbranched alkanes of at least 4 members (excludes halogenated alkanes) is 19. The molecule has 0 radical (unpaired) electrons. The van der Waals surface area contributed by atoms with E-state index in [0.29, 0.717) is 19.3 Å². The lowest BCUT2D eigenvalue weighted by Crippen LogP contribution is -2.30. The van der Waals surface area contributed by atoms with Gasteiger partial charge in [0, 0.05) is 19.3 Å². The van der Waals surface area contributed by atoms with Crippen molar-refractivity contribution >= 4 is 17.9 Å². The Kier molecular flexibility index (Phi) is 49.0. The van der Waals surface area contributed by atoms with E-state index >= 15 is 0 Å². The summed E-state index contributed by atoms with van der Waals surface area (Å²) in [6.45, 7) is 6.43. The minimum absolute atomic E-state index is 0.0970. The van der Waals surface area contributed by atoms with Gasteiger partial charge in [-0.2, -0.15) is 0 Å². The maximum atomic E-state index is 12.8. The Labute approximate surface area is 394 Å². The Morgan fingerprint density at radius 2 is 0.609 bits per heavy atom. The quantitative estimate of drug-likeness (QED) is 0.0262. The van der Waals surface area contributed by atoms with Gasteiger partial charge in [-0.25, -0.2) is 0 Å². The lowest BCUT2D eigenvalue weighted by Gasteiger charge is -2.18. The summed E-state index contributed by atoms with van der Waals surface area (Å²) >= 11 is 0. The van der Waals surface area contributed by atoms with E-state index in [9.17, 15) is 14.4 Å². The van der Waals surface area contributed by atoms with Crippen molar-refractivity contribution in [2.75, 3.05) is 13.2 Å². The molecule has 364 valence electrons. The summed E-state index contributed by atoms with van der Waals surface area (Å²) in [6, 6.07) is 0. The van der Waals surface area contributed by atoms with Crippen LogP contribution in [0.25, 0.3) is 0 Å². The van der Waals surface area contributed by atoms with Crippen molar-refractivity contribution in [3.8, 4) is 0 Å². The average molecular weight is 889 g/mol.